The first-order valence-electron chi connectivity index (χ1n) is 5.53. The number of nitrogens with zero attached hydrogens (tertiary/aromatic N) is 3. The van der Waals surface area contributed by atoms with Crippen molar-refractivity contribution in [1.29, 1.82) is 0 Å². The molecule has 1 saturated heterocycles. The van der Waals surface area contributed by atoms with Crippen LogP contribution in [0.1, 0.15) is 18.5 Å². The Labute approximate surface area is 90.5 Å². The van der Waals surface area contributed by atoms with Gasteiger partial charge in [-0.3, -0.25) is 4.98 Å². The summed E-state index contributed by atoms with van der Waals surface area (Å²) in [7, 11) is 0. The second-order valence-electron chi connectivity index (χ2n) is 4.21. The summed E-state index contributed by atoms with van der Waals surface area (Å²) >= 11 is 0. The van der Waals surface area contributed by atoms with Gasteiger partial charge in [0.2, 0.25) is 0 Å². The Kier molecular flexibility index (Phi) is 3.16. The summed E-state index contributed by atoms with van der Waals surface area (Å²) in [4.78, 5) is 11.0. The van der Waals surface area contributed by atoms with Gasteiger partial charge >= 0.3 is 0 Å². The van der Waals surface area contributed by atoms with Crippen molar-refractivity contribution in [2.75, 3.05) is 24.5 Å². The van der Waals surface area contributed by atoms with Gasteiger partial charge in [0.1, 0.15) is 5.82 Å². The van der Waals surface area contributed by atoms with Crippen LogP contribution in [0.4, 0.5) is 5.82 Å². The molecule has 0 saturated carbocycles. The van der Waals surface area contributed by atoms with Gasteiger partial charge < -0.3 is 10.6 Å². The molecule has 0 bridgehead atoms. The van der Waals surface area contributed by atoms with Crippen molar-refractivity contribution >= 4 is 5.82 Å². The number of aryl methyl sites for hydroxylation is 1. The Hall–Kier alpha value is -1.16. The number of piperidine rings is 1. The average molecular weight is 206 g/mol. The second kappa shape index (κ2) is 4.57. The first kappa shape index (κ1) is 10.4. The lowest BCUT2D eigenvalue weighted by molar-refractivity contribution is 0.421. The molecule has 2 heterocycles. The van der Waals surface area contributed by atoms with E-state index in [9.17, 15) is 0 Å². The Bertz CT molecular complexity index is 326. The third-order valence-corrected chi connectivity index (χ3v) is 2.92. The van der Waals surface area contributed by atoms with Gasteiger partial charge in [0.15, 0.2) is 0 Å². The highest BCUT2D eigenvalue weighted by molar-refractivity contribution is 5.36. The van der Waals surface area contributed by atoms with Gasteiger partial charge in [-0.15, -0.1) is 0 Å². The van der Waals surface area contributed by atoms with Crippen LogP contribution in [0.3, 0.4) is 0 Å². The molecule has 2 rings (SSSR count). The summed E-state index contributed by atoms with van der Waals surface area (Å²) in [6.07, 6.45) is 6.07. The van der Waals surface area contributed by atoms with Crippen LogP contribution in [0, 0.1) is 12.8 Å². The second-order valence-corrected chi connectivity index (χ2v) is 4.21. The quantitative estimate of drug-likeness (QED) is 0.783. The maximum absolute atomic E-state index is 5.71. The Balaban J connectivity index is 2.09. The van der Waals surface area contributed by atoms with Gasteiger partial charge in [-0.2, -0.15) is 0 Å². The van der Waals surface area contributed by atoms with E-state index in [2.05, 4.69) is 14.9 Å². The van der Waals surface area contributed by atoms with Crippen molar-refractivity contribution in [1.82, 2.24) is 9.97 Å². The zero-order chi connectivity index (χ0) is 10.7. The van der Waals surface area contributed by atoms with E-state index in [1.807, 2.05) is 13.1 Å². The van der Waals surface area contributed by atoms with Crippen molar-refractivity contribution in [2.24, 2.45) is 11.7 Å². The standard InChI is InChI=1S/C11H18N4/c1-9-6-13-7-11(14-9)15-4-2-3-10(5-12)8-15/h6-7,10H,2-5,8,12H2,1H3. The molecule has 0 radical (unpaired) electrons. The molecule has 82 valence electrons. The van der Waals surface area contributed by atoms with E-state index in [0.29, 0.717) is 5.92 Å². The molecule has 1 aliphatic heterocycles. The minimum atomic E-state index is 0.612. The zero-order valence-corrected chi connectivity index (χ0v) is 9.19. The first-order chi connectivity index (χ1) is 7.29. The van der Waals surface area contributed by atoms with Crippen LogP contribution in [-0.2, 0) is 0 Å². The lowest BCUT2D eigenvalue weighted by Gasteiger charge is -2.32. The van der Waals surface area contributed by atoms with E-state index < -0.39 is 0 Å². The van der Waals surface area contributed by atoms with Crippen LogP contribution in [0.25, 0.3) is 0 Å². The van der Waals surface area contributed by atoms with Gasteiger partial charge in [0.25, 0.3) is 0 Å². The predicted octanol–water partition coefficient (Wildman–Crippen LogP) is 0.960. The Morgan fingerprint density at radius 2 is 2.40 bits per heavy atom. The van der Waals surface area contributed by atoms with E-state index in [4.69, 9.17) is 5.73 Å². The minimum Gasteiger partial charge on any atom is -0.355 e. The molecular weight excluding hydrogens is 188 g/mol. The molecule has 1 aliphatic rings. The third-order valence-electron chi connectivity index (χ3n) is 2.92. The molecule has 4 nitrogen and oxygen atoms in total. The smallest absolute Gasteiger partial charge is 0.147 e. The molecule has 1 aromatic heterocycles. The number of nitrogens with two attached hydrogens (primary N) is 1. The molecule has 1 fully saturated rings. The van der Waals surface area contributed by atoms with Crippen LogP contribution >= 0.6 is 0 Å². The number of aromatic nitrogens is 2. The molecule has 0 aromatic carbocycles. The van der Waals surface area contributed by atoms with E-state index in [1.165, 1.54) is 12.8 Å². The molecule has 1 aromatic rings. The number of anilines is 1. The summed E-state index contributed by atoms with van der Waals surface area (Å²) in [6.45, 7) is 4.85. The average Bonchev–Trinajstić information content (AvgIpc) is 2.29. The van der Waals surface area contributed by atoms with Crippen molar-refractivity contribution in [3.8, 4) is 0 Å². The fourth-order valence-corrected chi connectivity index (χ4v) is 2.07. The summed E-state index contributed by atoms with van der Waals surface area (Å²) in [5.74, 6) is 1.61. The van der Waals surface area contributed by atoms with Crippen LogP contribution < -0.4 is 10.6 Å². The molecule has 4 heteroatoms. The third kappa shape index (κ3) is 2.45. The lowest BCUT2D eigenvalue weighted by atomic mass is 9.98. The molecule has 15 heavy (non-hydrogen) atoms. The minimum absolute atomic E-state index is 0.612. The molecular formula is C11H18N4. The van der Waals surface area contributed by atoms with E-state index in [-0.39, 0.29) is 0 Å². The van der Waals surface area contributed by atoms with E-state index in [1.54, 1.807) is 6.20 Å². The van der Waals surface area contributed by atoms with Crippen LogP contribution in [-0.4, -0.2) is 29.6 Å². The molecule has 0 aliphatic carbocycles. The lowest BCUT2D eigenvalue weighted by Crippen LogP contribution is -2.38. The molecule has 0 spiro atoms. The predicted molar refractivity (Wildman–Crippen MR) is 60.8 cm³/mol. The van der Waals surface area contributed by atoms with Gasteiger partial charge in [-0.05, 0) is 32.2 Å². The van der Waals surface area contributed by atoms with Crippen molar-refractivity contribution in [3.05, 3.63) is 18.1 Å². The van der Waals surface area contributed by atoms with Gasteiger partial charge in [-0.1, -0.05) is 0 Å². The maximum atomic E-state index is 5.71. The normalized spacial score (nSPS) is 21.7. The monoisotopic (exact) mass is 206 g/mol. The summed E-state index contributed by atoms with van der Waals surface area (Å²) < 4.78 is 0. The van der Waals surface area contributed by atoms with Crippen LogP contribution in [0.15, 0.2) is 12.4 Å². The fraction of sp³-hybridized carbons (Fsp3) is 0.636. The topological polar surface area (TPSA) is 55.0 Å². The van der Waals surface area contributed by atoms with E-state index >= 15 is 0 Å². The highest BCUT2D eigenvalue weighted by atomic mass is 15.2. The highest BCUT2D eigenvalue weighted by Crippen LogP contribution is 2.20. The largest absolute Gasteiger partial charge is 0.355 e. The Morgan fingerprint density at radius 1 is 1.53 bits per heavy atom. The first-order valence-corrected chi connectivity index (χ1v) is 5.53. The van der Waals surface area contributed by atoms with Gasteiger partial charge in [0, 0.05) is 19.3 Å². The van der Waals surface area contributed by atoms with Crippen molar-refractivity contribution < 1.29 is 0 Å². The van der Waals surface area contributed by atoms with E-state index in [0.717, 1.165) is 31.1 Å². The highest BCUT2D eigenvalue weighted by Gasteiger charge is 2.19. The fourth-order valence-electron chi connectivity index (χ4n) is 2.07. The number of hydrogen-bond acceptors (Lipinski definition) is 4. The number of hydrogen-bond donors (Lipinski definition) is 1. The van der Waals surface area contributed by atoms with Crippen LogP contribution in [0.2, 0.25) is 0 Å². The van der Waals surface area contributed by atoms with Gasteiger partial charge in [0.05, 0.1) is 11.9 Å². The molecule has 2 N–H and O–H groups in total. The van der Waals surface area contributed by atoms with Crippen molar-refractivity contribution in [3.63, 3.8) is 0 Å². The number of rotatable bonds is 2. The summed E-state index contributed by atoms with van der Waals surface area (Å²) in [5, 5.41) is 0. The molecule has 1 atom stereocenters. The zero-order valence-electron chi connectivity index (χ0n) is 9.19. The maximum Gasteiger partial charge on any atom is 0.147 e. The Morgan fingerprint density at radius 3 is 3.13 bits per heavy atom. The van der Waals surface area contributed by atoms with Crippen molar-refractivity contribution in [2.45, 2.75) is 19.8 Å². The molecule has 0 amide bonds. The van der Waals surface area contributed by atoms with Gasteiger partial charge in [-0.25, -0.2) is 4.98 Å². The van der Waals surface area contributed by atoms with Crippen LogP contribution in [0.5, 0.6) is 0 Å². The summed E-state index contributed by atoms with van der Waals surface area (Å²) in [5.41, 5.74) is 6.69. The SMILES string of the molecule is Cc1cncc(N2CCCC(CN)C2)n1. The summed E-state index contributed by atoms with van der Waals surface area (Å²) in [6, 6.07) is 0. The molecule has 1 unspecified atom stereocenters.